The number of aryl methyl sites for hydroxylation is 1. The van der Waals surface area contributed by atoms with E-state index in [1.54, 1.807) is 0 Å². The van der Waals surface area contributed by atoms with Gasteiger partial charge in [0.05, 0.1) is 16.7 Å². The van der Waals surface area contributed by atoms with Gasteiger partial charge in [0, 0.05) is 12.2 Å². The third-order valence-corrected chi connectivity index (χ3v) is 6.68. The lowest BCUT2D eigenvalue weighted by atomic mass is 9.93. The fraction of sp³-hybridized carbons (Fsp3) is 0.241. The van der Waals surface area contributed by atoms with Crippen molar-refractivity contribution >= 4 is 5.97 Å². The van der Waals surface area contributed by atoms with Gasteiger partial charge in [-0.2, -0.15) is 0 Å². The summed E-state index contributed by atoms with van der Waals surface area (Å²) in [5.41, 5.74) is 6.03. The summed E-state index contributed by atoms with van der Waals surface area (Å²) in [4.78, 5) is 11.6. The number of carboxylic acids is 1. The Balaban J connectivity index is 1.44. The van der Waals surface area contributed by atoms with Crippen LogP contribution in [-0.2, 0) is 14.9 Å². The highest BCUT2D eigenvalue weighted by Gasteiger charge is 2.51. The maximum atomic E-state index is 11.6. The molecule has 0 bridgehead atoms. The van der Waals surface area contributed by atoms with Crippen LogP contribution in [0.3, 0.4) is 0 Å². The van der Waals surface area contributed by atoms with Crippen LogP contribution in [-0.4, -0.2) is 22.8 Å². The Morgan fingerprint density at radius 2 is 1.56 bits per heavy atom. The van der Waals surface area contributed by atoms with Gasteiger partial charge in [-0.15, -0.1) is 0 Å². The summed E-state index contributed by atoms with van der Waals surface area (Å²) in [6, 6.07) is 26.1. The predicted octanol–water partition coefficient (Wildman–Crippen LogP) is 6.56. The monoisotopic (exact) mass is 453 g/mol. The van der Waals surface area contributed by atoms with Crippen LogP contribution >= 0.6 is 0 Å². The van der Waals surface area contributed by atoms with Gasteiger partial charge >= 0.3 is 5.97 Å². The van der Waals surface area contributed by atoms with Crippen molar-refractivity contribution in [2.75, 3.05) is 6.61 Å². The zero-order chi connectivity index (χ0) is 23.7. The van der Waals surface area contributed by atoms with Gasteiger partial charge in [0.15, 0.2) is 5.76 Å². The largest absolute Gasteiger partial charge is 0.481 e. The summed E-state index contributed by atoms with van der Waals surface area (Å²) in [5.74, 6) is -0.0255. The molecule has 172 valence electrons. The minimum Gasteiger partial charge on any atom is -0.481 e. The van der Waals surface area contributed by atoms with Gasteiger partial charge in [-0.05, 0) is 48.9 Å². The third kappa shape index (κ3) is 3.93. The third-order valence-electron chi connectivity index (χ3n) is 6.68. The van der Waals surface area contributed by atoms with Crippen molar-refractivity contribution < 1.29 is 19.2 Å². The number of ether oxygens (including phenoxy) is 1. The predicted molar refractivity (Wildman–Crippen MR) is 131 cm³/mol. The molecule has 1 N–H and O–H groups in total. The molecule has 1 heterocycles. The fourth-order valence-corrected chi connectivity index (χ4v) is 4.58. The lowest BCUT2D eigenvalue weighted by Gasteiger charge is -2.18. The molecule has 1 saturated carbocycles. The number of carboxylic acid groups (broad SMARTS) is 1. The van der Waals surface area contributed by atoms with Crippen molar-refractivity contribution in [3.8, 4) is 22.5 Å². The smallest absolute Gasteiger partial charge is 0.314 e. The average Bonchev–Trinajstić information content (AvgIpc) is 3.61. The van der Waals surface area contributed by atoms with E-state index in [1.807, 2.05) is 80.6 Å². The lowest BCUT2D eigenvalue weighted by molar-refractivity contribution is -0.140. The van der Waals surface area contributed by atoms with E-state index in [4.69, 9.17) is 9.26 Å². The van der Waals surface area contributed by atoms with Crippen LogP contribution < -0.4 is 0 Å². The van der Waals surface area contributed by atoms with Gasteiger partial charge in [-0.1, -0.05) is 84.0 Å². The maximum Gasteiger partial charge on any atom is 0.314 e. The quantitative estimate of drug-likeness (QED) is 0.327. The Kier molecular flexibility index (Phi) is 5.80. The average molecular weight is 454 g/mol. The molecule has 1 fully saturated rings. The number of hydrogen-bond donors (Lipinski definition) is 1. The van der Waals surface area contributed by atoms with E-state index in [2.05, 4.69) is 17.3 Å². The molecule has 1 aliphatic rings. The molecule has 0 spiro atoms. The van der Waals surface area contributed by atoms with Crippen LogP contribution in [0.15, 0.2) is 83.4 Å². The van der Waals surface area contributed by atoms with Crippen LogP contribution in [0, 0.1) is 6.92 Å². The first-order valence-electron chi connectivity index (χ1n) is 11.6. The molecule has 1 atom stereocenters. The summed E-state index contributed by atoms with van der Waals surface area (Å²) in [6.45, 7) is 4.50. The molecule has 3 aromatic carbocycles. The SMILES string of the molecule is CCOC(c1ccccc1)c1c(C)noc1-c1ccc(-c2ccc(C3(C(=O)O)CC3)cc2)cc1. The molecule has 5 rings (SSSR count). The zero-order valence-corrected chi connectivity index (χ0v) is 19.3. The van der Waals surface area contributed by atoms with Gasteiger partial charge in [0.2, 0.25) is 0 Å². The molecule has 5 heteroatoms. The number of aliphatic carboxylic acids is 1. The van der Waals surface area contributed by atoms with Crippen molar-refractivity contribution in [2.24, 2.45) is 0 Å². The minimum atomic E-state index is -0.733. The molecule has 1 aliphatic carbocycles. The summed E-state index contributed by atoms with van der Waals surface area (Å²) in [5, 5.41) is 13.8. The topological polar surface area (TPSA) is 72.6 Å². The van der Waals surface area contributed by atoms with E-state index in [1.165, 1.54) is 0 Å². The van der Waals surface area contributed by atoms with Crippen LogP contribution in [0.5, 0.6) is 0 Å². The molecule has 0 amide bonds. The second-order valence-electron chi connectivity index (χ2n) is 8.80. The van der Waals surface area contributed by atoms with Crippen LogP contribution in [0.25, 0.3) is 22.5 Å². The first-order chi connectivity index (χ1) is 16.5. The summed E-state index contributed by atoms with van der Waals surface area (Å²) in [7, 11) is 0. The van der Waals surface area contributed by atoms with Crippen molar-refractivity contribution in [2.45, 2.75) is 38.2 Å². The first-order valence-corrected chi connectivity index (χ1v) is 11.6. The number of carbonyl (C=O) groups is 1. The molecule has 0 radical (unpaired) electrons. The van der Waals surface area contributed by atoms with E-state index in [0.717, 1.165) is 39.1 Å². The fourth-order valence-electron chi connectivity index (χ4n) is 4.58. The van der Waals surface area contributed by atoms with Gasteiger partial charge in [-0.3, -0.25) is 4.79 Å². The molecular formula is C29H27NO4. The maximum absolute atomic E-state index is 11.6. The Hall–Kier alpha value is -3.70. The Bertz CT molecular complexity index is 1290. The normalized spacial score (nSPS) is 15.1. The van der Waals surface area contributed by atoms with Crippen LogP contribution in [0.4, 0.5) is 0 Å². The molecule has 0 saturated heterocycles. The summed E-state index contributed by atoms with van der Waals surface area (Å²) in [6.07, 6.45) is 1.16. The molecule has 4 aromatic rings. The van der Waals surface area contributed by atoms with E-state index in [-0.39, 0.29) is 6.10 Å². The second kappa shape index (κ2) is 8.92. The van der Waals surface area contributed by atoms with Gasteiger partial charge in [-0.25, -0.2) is 0 Å². The molecule has 1 unspecified atom stereocenters. The summed E-state index contributed by atoms with van der Waals surface area (Å²) < 4.78 is 11.9. The van der Waals surface area contributed by atoms with Crippen molar-refractivity contribution in [1.82, 2.24) is 5.16 Å². The number of benzene rings is 3. The first kappa shape index (κ1) is 22.1. The van der Waals surface area contributed by atoms with Crippen molar-refractivity contribution in [1.29, 1.82) is 0 Å². The van der Waals surface area contributed by atoms with E-state index in [0.29, 0.717) is 25.2 Å². The van der Waals surface area contributed by atoms with E-state index >= 15 is 0 Å². The Morgan fingerprint density at radius 3 is 2.12 bits per heavy atom. The number of aromatic nitrogens is 1. The van der Waals surface area contributed by atoms with Gasteiger partial charge in [0.25, 0.3) is 0 Å². The number of rotatable bonds is 8. The Labute approximate surface area is 199 Å². The highest BCUT2D eigenvalue weighted by Crippen LogP contribution is 2.48. The summed E-state index contributed by atoms with van der Waals surface area (Å²) >= 11 is 0. The second-order valence-corrected chi connectivity index (χ2v) is 8.80. The number of hydrogen-bond acceptors (Lipinski definition) is 4. The molecule has 1 aromatic heterocycles. The van der Waals surface area contributed by atoms with Crippen molar-refractivity contribution in [3.63, 3.8) is 0 Å². The molecule has 0 aliphatic heterocycles. The van der Waals surface area contributed by atoms with Gasteiger partial charge in [0.1, 0.15) is 6.10 Å². The van der Waals surface area contributed by atoms with Gasteiger partial charge < -0.3 is 14.4 Å². The molecule has 34 heavy (non-hydrogen) atoms. The number of nitrogens with zero attached hydrogens (tertiary/aromatic N) is 1. The standard InChI is InChI=1S/C29H27NO4/c1-3-33-26(22-7-5-4-6-8-22)25-19(2)30-34-27(25)23-11-9-20(10-12-23)21-13-15-24(16-14-21)29(17-18-29)28(31)32/h4-16,26H,3,17-18H2,1-2H3,(H,31,32). The molecular weight excluding hydrogens is 426 g/mol. The highest BCUT2D eigenvalue weighted by atomic mass is 16.5. The van der Waals surface area contributed by atoms with E-state index < -0.39 is 11.4 Å². The zero-order valence-electron chi connectivity index (χ0n) is 19.3. The minimum absolute atomic E-state index is 0.261. The highest BCUT2D eigenvalue weighted by molar-refractivity contribution is 5.85. The van der Waals surface area contributed by atoms with Crippen LogP contribution in [0.1, 0.15) is 48.3 Å². The van der Waals surface area contributed by atoms with Crippen molar-refractivity contribution in [3.05, 3.63) is 101 Å². The van der Waals surface area contributed by atoms with Crippen LogP contribution in [0.2, 0.25) is 0 Å². The Morgan fingerprint density at radius 1 is 0.971 bits per heavy atom. The van der Waals surface area contributed by atoms with E-state index in [9.17, 15) is 9.90 Å². The molecule has 5 nitrogen and oxygen atoms in total. The lowest BCUT2D eigenvalue weighted by Crippen LogP contribution is -2.19.